The predicted molar refractivity (Wildman–Crippen MR) is 97.3 cm³/mol. The summed E-state index contributed by atoms with van der Waals surface area (Å²) in [4.78, 5) is 32.7. The molecular weight excluding hydrogens is 388 g/mol. The Morgan fingerprint density at radius 1 is 1.32 bits per heavy atom. The third-order valence-corrected chi connectivity index (χ3v) is 4.28. The van der Waals surface area contributed by atoms with E-state index in [1.807, 2.05) is 0 Å². The molecule has 3 aromatic heterocycles. The predicted octanol–water partition coefficient (Wildman–Crippen LogP) is 1.58. The zero-order chi connectivity index (χ0) is 19.7. The van der Waals surface area contributed by atoms with Crippen molar-refractivity contribution in [3.63, 3.8) is 0 Å². The number of hydrogen-bond acceptors (Lipinski definition) is 8. The average molecular weight is 401 g/mol. The van der Waals surface area contributed by atoms with Gasteiger partial charge in [-0.15, -0.1) is 0 Å². The number of carbonyl (C=O) groups excluding carboxylic acids is 1. The van der Waals surface area contributed by atoms with Gasteiger partial charge in [0.1, 0.15) is 18.3 Å². The lowest BCUT2D eigenvalue weighted by Gasteiger charge is -2.05. The molecule has 10 nitrogen and oxygen atoms in total. The number of rotatable bonds is 5. The van der Waals surface area contributed by atoms with Crippen molar-refractivity contribution in [1.29, 1.82) is 0 Å². The lowest BCUT2D eigenvalue weighted by Crippen LogP contribution is -2.25. The maximum absolute atomic E-state index is 12.4. The van der Waals surface area contributed by atoms with Crippen LogP contribution in [0.3, 0.4) is 0 Å². The van der Waals surface area contributed by atoms with Gasteiger partial charge in [-0.3, -0.25) is 18.8 Å². The Morgan fingerprint density at radius 3 is 2.96 bits per heavy atom. The summed E-state index contributed by atoms with van der Waals surface area (Å²) in [5.41, 5.74) is 0.640. The van der Waals surface area contributed by atoms with Crippen molar-refractivity contribution in [3.8, 4) is 11.5 Å². The van der Waals surface area contributed by atoms with Crippen LogP contribution in [0, 0.1) is 0 Å². The number of esters is 1. The summed E-state index contributed by atoms with van der Waals surface area (Å²) in [7, 11) is 1.68. The van der Waals surface area contributed by atoms with Gasteiger partial charge >= 0.3 is 5.97 Å². The molecule has 1 aromatic carbocycles. The molecule has 0 aliphatic carbocycles. The van der Waals surface area contributed by atoms with Gasteiger partial charge in [-0.05, 0) is 12.1 Å². The number of carbonyl (C=O) groups is 1. The standard InChI is InChI=1S/C17H13ClN6O4/c1-23-15-11(6-20-23)17(26)24(9-19-15)7-14(25)27-8-13-21-16(28-22-13)10-4-2-3-5-12(10)18/h2-6,9H,7-8H2,1H3. The zero-order valence-electron chi connectivity index (χ0n) is 14.6. The molecule has 0 aliphatic rings. The second-order valence-corrected chi connectivity index (χ2v) is 6.25. The van der Waals surface area contributed by atoms with Gasteiger partial charge in [-0.1, -0.05) is 28.9 Å². The molecule has 0 aliphatic heterocycles. The van der Waals surface area contributed by atoms with E-state index in [-0.39, 0.29) is 30.4 Å². The van der Waals surface area contributed by atoms with Crippen molar-refractivity contribution in [1.82, 2.24) is 29.5 Å². The SMILES string of the molecule is Cn1ncc2c(=O)n(CC(=O)OCc3noc(-c4ccccc4Cl)n3)cnc21. The van der Waals surface area contributed by atoms with Crippen molar-refractivity contribution >= 4 is 28.6 Å². The minimum absolute atomic E-state index is 0.177. The molecule has 0 bridgehead atoms. The second kappa shape index (κ2) is 7.24. The van der Waals surface area contributed by atoms with Crippen LogP contribution in [0.5, 0.6) is 0 Å². The maximum atomic E-state index is 12.4. The fourth-order valence-electron chi connectivity index (χ4n) is 2.57. The van der Waals surface area contributed by atoms with Crippen LogP contribution in [0.2, 0.25) is 5.02 Å². The van der Waals surface area contributed by atoms with E-state index in [1.165, 1.54) is 17.2 Å². The number of ether oxygens (including phenoxy) is 1. The Hall–Kier alpha value is -3.53. The number of halogens is 1. The van der Waals surface area contributed by atoms with Gasteiger partial charge in [0.05, 0.1) is 16.8 Å². The molecule has 142 valence electrons. The molecule has 4 aromatic rings. The first kappa shape index (κ1) is 17.9. The summed E-state index contributed by atoms with van der Waals surface area (Å²) >= 11 is 6.09. The quantitative estimate of drug-likeness (QED) is 0.463. The summed E-state index contributed by atoms with van der Waals surface area (Å²) in [6.45, 7) is -0.504. The van der Waals surface area contributed by atoms with Crippen LogP contribution in [0.15, 0.2) is 46.1 Å². The number of benzene rings is 1. The Kier molecular flexibility index (Phi) is 4.62. The van der Waals surface area contributed by atoms with Crippen LogP contribution in [0.4, 0.5) is 0 Å². The van der Waals surface area contributed by atoms with E-state index in [0.29, 0.717) is 21.6 Å². The molecule has 0 N–H and O–H groups in total. The van der Waals surface area contributed by atoms with E-state index in [2.05, 4.69) is 20.2 Å². The monoisotopic (exact) mass is 400 g/mol. The van der Waals surface area contributed by atoms with Gasteiger partial charge in [-0.25, -0.2) is 4.98 Å². The van der Waals surface area contributed by atoms with Gasteiger partial charge in [0.25, 0.3) is 11.4 Å². The van der Waals surface area contributed by atoms with Crippen molar-refractivity contribution in [2.24, 2.45) is 7.05 Å². The van der Waals surface area contributed by atoms with Crippen LogP contribution in [0.25, 0.3) is 22.5 Å². The summed E-state index contributed by atoms with van der Waals surface area (Å²) in [6.07, 6.45) is 2.68. The van der Waals surface area contributed by atoms with E-state index in [1.54, 1.807) is 31.3 Å². The smallest absolute Gasteiger partial charge is 0.326 e. The molecule has 0 spiro atoms. The van der Waals surface area contributed by atoms with E-state index in [0.717, 1.165) is 4.57 Å². The highest BCUT2D eigenvalue weighted by Crippen LogP contribution is 2.25. The van der Waals surface area contributed by atoms with Gasteiger partial charge < -0.3 is 9.26 Å². The molecule has 0 saturated heterocycles. The summed E-state index contributed by atoms with van der Waals surface area (Å²) < 4.78 is 12.9. The number of aryl methyl sites for hydroxylation is 1. The average Bonchev–Trinajstić information content (AvgIpc) is 3.30. The third kappa shape index (κ3) is 3.37. The van der Waals surface area contributed by atoms with Crippen LogP contribution >= 0.6 is 11.6 Å². The maximum Gasteiger partial charge on any atom is 0.326 e. The minimum atomic E-state index is -0.642. The third-order valence-electron chi connectivity index (χ3n) is 3.95. The van der Waals surface area contributed by atoms with Crippen molar-refractivity contribution in [2.75, 3.05) is 0 Å². The van der Waals surface area contributed by atoms with Crippen LogP contribution in [0.1, 0.15) is 5.82 Å². The number of nitrogens with zero attached hydrogens (tertiary/aromatic N) is 6. The zero-order valence-corrected chi connectivity index (χ0v) is 15.3. The van der Waals surface area contributed by atoms with E-state index in [4.69, 9.17) is 20.9 Å². The first-order valence-corrected chi connectivity index (χ1v) is 8.51. The normalized spacial score (nSPS) is 11.1. The summed E-state index contributed by atoms with van der Waals surface area (Å²) in [5.74, 6) is -0.244. The molecule has 28 heavy (non-hydrogen) atoms. The molecule has 0 radical (unpaired) electrons. The topological polar surface area (TPSA) is 118 Å². The molecule has 0 fully saturated rings. The largest absolute Gasteiger partial charge is 0.456 e. The van der Waals surface area contributed by atoms with Crippen LogP contribution in [-0.2, 0) is 29.7 Å². The van der Waals surface area contributed by atoms with Gasteiger partial charge in [0.2, 0.25) is 5.82 Å². The number of fused-ring (bicyclic) bond motifs is 1. The molecule has 0 amide bonds. The fourth-order valence-corrected chi connectivity index (χ4v) is 2.78. The first-order valence-electron chi connectivity index (χ1n) is 8.13. The molecule has 3 heterocycles. The Bertz CT molecular complexity index is 1230. The van der Waals surface area contributed by atoms with Gasteiger partial charge in [0, 0.05) is 7.05 Å². The highest BCUT2D eigenvalue weighted by molar-refractivity contribution is 6.33. The van der Waals surface area contributed by atoms with Crippen LogP contribution < -0.4 is 5.56 Å². The Labute approximate surface area is 162 Å². The van der Waals surface area contributed by atoms with E-state index < -0.39 is 5.97 Å². The molecule has 0 saturated carbocycles. The highest BCUT2D eigenvalue weighted by atomic mass is 35.5. The van der Waals surface area contributed by atoms with Gasteiger partial charge in [0.15, 0.2) is 12.3 Å². The van der Waals surface area contributed by atoms with E-state index >= 15 is 0 Å². The molecule has 0 atom stereocenters. The minimum Gasteiger partial charge on any atom is -0.456 e. The second-order valence-electron chi connectivity index (χ2n) is 5.84. The van der Waals surface area contributed by atoms with Gasteiger partial charge in [-0.2, -0.15) is 10.1 Å². The molecule has 11 heteroatoms. The van der Waals surface area contributed by atoms with Crippen molar-refractivity contribution in [2.45, 2.75) is 13.2 Å². The van der Waals surface area contributed by atoms with Crippen LogP contribution in [-0.4, -0.2) is 35.4 Å². The molecular formula is C17H13ClN6O4. The summed E-state index contributed by atoms with van der Waals surface area (Å²) in [6, 6.07) is 7.01. The van der Waals surface area contributed by atoms with Crippen molar-refractivity contribution < 1.29 is 14.1 Å². The molecule has 4 rings (SSSR count). The summed E-state index contributed by atoms with van der Waals surface area (Å²) in [5, 5.41) is 8.52. The highest BCUT2D eigenvalue weighted by Gasteiger charge is 2.15. The lowest BCUT2D eigenvalue weighted by molar-refractivity contribution is -0.146. The Morgan fingerprint density at radius 2 is 2.14 bits per heavy atom. The van der Waals surface area contributed by atoms with Crippen molar-refractivity contribution in [3.05, 3.63) is 58.0 Å². The van der Waals surface area contributed by atoms with E-state index in [9.17, 15) is 9.59 Å². The number of hydrogen-bond donors (Lipinski definition) is 0. The number of aromatic nitrogens is 6. The fraction of sp³-hybridized carbons (Fsp3) is 0.176. The first-order chi connectivity index (χ1) is 13.5. The lowest BCUT2D eigenvalue weighted by atomic mass is 10.2. The molecule has 0 unspecified atom stereocenters. The Balaban J connectivity index is 1.42.